The van der Waals surface area contributed by atoms with Gasteiger partial charge < -0.3 is 9.80 Å². The third kappa shape index (κ3) is 5.29. The molecule has 0 aromatic rings. The Labute approximate surface area is 156 Å². The van der Waals surface area contributed by atoms with E-state index in [1.807, 2.05) is 0 Å². The lowest BCUT2D eigenvalue weighted by molar-refractivity contribution is -0.124. The summed E-state index contributed by atoms with van der Waals surface area (Å²) >= 11 is 0. The average Bonchev–Trinajstić information content (AvgIpc) is 3.01. The van der Waals surface area contributed by atoms with Gasteiger partial charge in [0.15, 0.2) is 0 Å². The van der Waals surface area contributed by atoms with Crippen LogP contribution in [0.25, 0.3) is 0 Å². The first kappa shape index (κ1) is 20.4. The van der Waals surface area contributed by atoms with Crippen molar-refractivity contribution < 1.29 is 10.0 Å². The van der Waals surface area contributed by atoms with E-state index in [9.17, 15) is 4.79 Å². The lowest BCUT2D eigenvalue weighted by atomic mass is 9.97. The second-order valence-electron chi connectivity index (χ2n) is 6.69. The van der Waals surface area contributed by atoms with Gasteiger partial charge in [0.25, 0.3) is 5.91 Å². The Bertz CT molecular complexity index is 603. The minimum absolute atomic E-state index is 0.139. The highest BCUT2D eigenvalue weighted by atomic mass is 16.5. The van der Waals surface area contributed by atoms with Crippen LogP contribution in [0.15, 0.2) is 40.6 Å². The van der Waals surface area contributed by atoms with Crippen molar-refractivity contribution >= 4 is 11.7 Å². The maximum atomic E-state index is 11.2. The molecule has 0 fully saturated rings. The van der Waals surface area contributed by atoms with Crippen molar-refractivity contribution in [3.63, 3.8) is 0 Å². The lowest BCUT2D eigenvalue weighted by Crippen LogP contribution is -2.37. The molecule has 2 N–H and O–H groups in total. The van der Waals surface area contributed by atoms with Gasteiger partial charge in [-0.15, -0.1) is 0 Å². The Hall–Kier alpha value is -1.92. The Morgan fingerprint density at radius 1 is 1.38 bits per heavy atom. The molecule has 144 valence electrons. The van der Waals surface area contributed by atoms with Crippen LogP contribution < -0.4 is 5.48 Å². The number of amidine groups is 1. The Morgan fingerprint density at radius 3 is 2.81 bits per heavy atom. The van der Waals surface area contributed by atoms with Crippen molar-refractivity contribution in [3.8, 4) is 0 Å². The molecular formula is C20H32N4O2. The summed E-state index contributed by atoms with van der Waals surface area (Å²) in [6.45, 7) is 10.7. The average molecular weight is 361 g/mol. The predicted octanol–water partition coefficient (Wildman–Crippen LogP) is 2.88. The van der Waals surface area contributed by atoms with Gasteiger partial charge in [-0.3, -0.25) is 15.0 Å². The van der Waals surface area contributed by atoms with Crippen LogP contribution in [0.1, 0.15) is 46.5 Å². The van der Waals surface area contributed by atoms with Gasteiger partial charge in [0.1, 0.15) is 5.84 Å². The summed E-state index contributed by atoms with van der Waals surface area (Å²) in [5.74, 6) is 0.682. The Balaban J connectivity index is 2.12. The molecule has 0 aromatic carbocycles. The molecule has 1 aliphatic heterocycles. The zero-order valence-electron chi connectivity index (χ0n) is 16.2. The molecule has 1 amide bonds. The van der Waals surface area contributed by atoms with Crippen molar-refractivity contribution in [2.75, 3.05) is 26.2 Å². The molecule has 0 spiro atoms. The second kappa shape index (κ2) is 10.3. The molecule has 0 radical (unpaired) electrons. The highest BCUT2D eigenvalue weighted by Crippen LogP contribution is 2.32. The molecule has 0 saturated carbocycles. The first-order valence-corrected chi connectivity index (χ1v) is 9.72. The number of carbonyl (C=O) groups excluding carboxylic acids is 1. The van der Waals surface area contributed by atoms with E-state index in [-0.39, 0.29) is 6.04 Å². The predicted molar refractivity (Wildman–Crippen MR) is 105 cm³/mol. The number of hydroxylamine groups is 1. The van der Waals surface area contributed by atoms with Gasteiger partial charge in [0.05, 0.1) is 6.04 Å². The number of likely N-dealkylation sites (N-methyl/N-ethyl adjacent to an activating group) is 1. The monoisotopic (exact) mass is 360 g/mol. The summed E-state index contributed by atoms with van der Waals surface area (Å²) in [6, 6.07) is 0.139. The number of nitrogens with zero attached hydrogens (tertiary/aromatic N) is 3. The Morgan fingerprint density at radius 2 is 2.15 bits per heavy atom. The number of nitrogens with one attached hydrogen (secondary N) is 1. The third-order valence-electron chi connectivity index (χ3n) is 5.01. The fourth-order valence-electron chi connectivity index (χ4n) is 3.40. The number of amides is 1. The van der Waals surface area contributed by atoms with E-state index in [1.165, 1.54) is 17.6 Å². The van der Waals surface area contributed by atoms with E-state index in [2.05, 4.69) is 42.7 Å². The second-order valence-corrected chi connectivity index (χ2v) is 6.69. The summed E-state index contributed by atoms with van der Waals surface area (Å²) < 4.78 is 0. The van der Waals surface area contributed by atoms with Gasteiger partial charge in [-0.05, 0) is 31.2 Å². The highest BCUT2D eigenvalue weighted by molar-refractivity contribution is 5.88. The van der Waals surface area contributed by atoms with Gasteiger partial charge in [0.2, 0.25) is 0 Å². The number of allylic oxidation sites excluding steroid dienone is 3. The number of aliphatic imine (C=N–C) groups is 1. The summed E-state index contributed by atoms with van der Waals surface area (Å²) in [6.07, 6.45) is 11.4. The smallest absolute Gasteiger partial charge is 0.267 e. The molecule has 0 aromatic heterocycles. The SMILES string of the molecule is CCCCC1=NC2CC(/C=C/C(=O)NO)=CC=C2N1CCN(CC)CC. The van der Waals surface area contributed by atoms with Crippen molar-refractivity contribution in [1.29, 1.82) is 0 Å². The summed E-state index contributed by atoms with van der Waals surface area (Å²) in [4.78, 5) is 21.0. The minimum Gasteiger partial charge on any atom is -0.330 e. The molecule has 1 heterocycles. The van der Waals surface area contributed by atoms with Crippen LogP contribution in [-0.4, -0.2) is 59.0 Å². The van der Waals surface area contributed by atoms with Gasteiger partial charge in [-0.25, -0.2) is 5.48 Å². The van der Waals surface area contributed by atoms with Crippen LogP contribution in [0.2, 0.25) is 0 Å². The molecule has 6 heteroatoms. The number of hydrogen-bond acceptors (Lipinski definition) is 5. The number of unbranched alkanes of at least 4 members (excludes halogenated alkanes) is 1. The number of rotatable bonds is 10. The molecule has 1 aliphatic carbocycles. The van der Waals surface area contributed by atoms with Crippen LogP contribution in [0, 0.1) is 0 Å². The Kier molecular flexibility index (Phi) is 8.06. The number of fused-ring (bicyclic) bond motifs is 1. The number of carbonyl (C=O) groups is 1. The van der Waals surface area contributed by atoms with Crippen LogP contribution >= 0.6 is 0 Å². The fourth-order valence-corrected chi connectivity index (χ4v) is 3.40. The molecular weight excluding hydrogens is 328 g/mol. The van der Waals surface area contributed by atoms with E-state index in [1.54, 1.807) is 11.6 Å². The zero-order valence-corrected chi connectivity index (χ0v) is 16.2. The maximum absolute atomic E-state index is 11.2. The molecule has 2 rings (SSSR count). The number of hydrogen-bond donors (Lipinski definition) is 2. The van der Waals surface area contributed by atoms with Crippen LogP contribution in [0.4, 0.5) is 0 Å². The fraction of sp³-hybridized carbons (Fsp3) is 0.600. The molecule has 1 atom stereocenters. The van der Waals surface area contributed by atoms with Crippen LogP contribution in [0.3, 0.4) is 0 Å². The highest BCUT2D eigenvalue weighted by Gasteiger charge is 2.31. The molecule has 0 bridgehead atoms. The first-order valence-electron chi connectivity index (χ1n) is 9.72. The first-order chi connectivity index (χ1) is 12.6. The quantitative estimate of drug-likeness (QED) is 0.357. The summed E-state index contributed by atoms with van der Waals surface area (Å²) in [5, 5.41) is 8.60. The van der Waals surface area contributed by atoms with E-state index in [0.717, 1.165) is 57.4 Å². The normalized spacial score (nSPS) is 19.5. The lowest BCUT2D eigenvalue weighted by Gasteiger charge is -2.28. The van der Waals surface area contributed by atoms with Crippen molar-refractivity contribution in [2.24, 2.45) is 4.99 Å². The largest absolute Gasteiger partial charge is 0.330 e. The van der Waals surface area contributed by atoms with Gasteiger partial charge >= 0.3 is 0 Å². The van der Waals surface area contributed by atoms with Crippen molar-refractivity contribution in [1.82, 2.24) is 15.3 Å². The van der Waals surface area contributed by atoms with Crippen LogP contribution in [0.5, 0.6) is 0 Å². The van der Waals surface area contributed by atoms with Crippen molar-refractivity contribution in [3.05, 3.63) is 35.6 Å². The maximum Gasteiger partial charge on any atom is 0.267 e. The molecule has 1 unspecified atom stereocenters. The third-order valence-corrected chi connectivity index (χ3v) is 5.01. The molecule has 2 aliphatic rings. The van der Waals surface area contributed by atoms with E-state index >= 15 is 0 Å². The molecule has 0 saturated heterocycles. The van der Waals surface area contributed by atoms with Gasteiger partial charge in [-0.1, -0.05) is 39.3 Å². The minimum atomic E-state index is -0.514. The topological polar surface area (TPSA) is 68.2 Å². The summed E-state index contributed by atoms with van der Waals surface area (Å²) in [7, 11) is 0. The molecule has 6 nitrogen and oxygen atoms in total. The van der Waals surface area contributed by atoms with Crippen LogP contribution in [-0.2, 0) is 4.79 Å². The van der Waals surface area contributed by atoms with E-state index in [0.29, 0.717) is 0 Å². The zero-order chi connectivity index (χ0) is 18.9. The van der Waals surface area contributed by atoms with E-state index in [4.69, 9.17) is 10.2 Å². The van der Waals surface area contributed by atoms with Gasteiger partial charge in [0, 0.05) is 37.7 Å². The molecule has 26 heavy (non-hydrogen) atoms. The van der Waals surface area contributed by atoms with Crippen molar-refractivity contribution in [2.45, 2.75) is 52.5 Å². The standard InChI is InChI=1S/C20H32N4O2/c1-4-7-8-19-21-17-15-16(10-12-20(25)22-26)9-11-18(17)24(19)14-13-23(5-2)6-3/h9-12,17,26H,4-8,13-15H2,1-3H3,(H,22,25)/b12-10+. The van der Waals surface area contributed by atoms with Gasteiger partial charge in [-0.2, -0.15) is 0 Å². The summed E-state index contributed by atoms with van der Waals surface area (Å²) in [5.41, 5.74) is 3.94. The van der Waals surface area contributed by atoms with E-state index < -0.39 is 5.91 Å².